The number of aromatic nitrogens is 2. The fourth-order valence-corrected chi connectivity index (χ4v) is 3.78. The van der Waals surface area contributed by atoms with E-state index in [2.05, 4.69) is 20.2 Å². The second-order valence-corrected chi connectivity index (χ2v) is 8.25. The number of halogens is 3. The molecule has 0 aliphatic carbocycles. The van der Waals surface area contributed by atoms with Crippen LogP contribution in [0.2, 0.25) is 5.02 Å². The monoisotopic (exact) mass is 496 g/mol. The molecule has 0 saturated carbocycles. The first-order chi connectivity index (χ1) is 16.9. The minimum Gasteiger partial charge on any atom is -0.457 e. The average molecular weight is 497 g/mol. The maximum Gasteiger partial charge on any atom is 0.255 e. The first-order valence-electron chi connectivity index (χ1n) is 10.8. The molecule has 0 spiro atoms. The number of amides is 1. The van der Waals surface area contributed by atoms with Crippen molar-refractivity contribution < 1.29 is 23.0 Å². The Morgan fingerprint density at radius 2 is 1.83 bits per heavy atom. The van der Waals surface area contributed by atoms with Crippen LogP contribution in [0.15, 0.2) is 60.8 Å². The van der Waals surface area contributed by atoms with Crippen LogP contribution in [0.3, 0.4) is 0 Å². The van der Waals surface area contributed by atoms with Crippen LogP contribution in [0.4, 0.5) is 20.3 Å². The molecular weight excluding hydrogens is 478 g/mol. The van der Waals surface area contributed by atoms with Crippen LogP contribution in [0.25, 0.3) is 11.0 Å². The van der Waals surface area contributed by atoms with Gasteiger partial charge in [-0.3, -0.25) is 9.78 Å². The van der Waals surface area contributed by atoms with E-state index in [-0.39, 0.29) is 22.0 Å². The van der Waals surface area contributed by atoms with Crippen molar-refractivity contribution in [2.45, 2.75) is 0 Å². The number of carbonyl (C=O) groups excluding carboxylic acids is 1. The summed E-state index contributed by atoms with van der Waals surface area (Å²) in [6, 6.07) is 12.6. The third-order valence-corrected chi connectivity index (χ3v) is 5.69. The van der Waals surface area contributed by atoms with Crippen LogP contribution >= 0.6 is 11.6 Å². The van der Waals surface area contributed by atoms with Crippen LogP contribution in [0, 0.1) is 11.6 Å². The molecule has 1 fully saturated rings. The van der Waals surface area contributed by atoms with E-state index < -0.39 is 17.5 Å². The Kier molecular flexibility index (Phi) is 6.43. The minimum atomic E-state index is -0.723. The van der Waals surface area contributed by atoms with Gasteiger partial charge in [0.05, 0.1) is 35.5 Å². The van der Waals surface area contributed by atoms with Crippen molar-refractivity contribution in [1.82, 2.24) is 9.97 Å². The van der Waals surface area contributed by atoms with Gasteiger partial charge in [0.1, 0.15) is 29.0 Å². The second-order valence-electron chi connectivity index (χ2n) is 7.84. The smallest absolute Gasteiger partial charge is 0.255 e. The molecule has 1 saturated heterocycles. The van der Waals surface area contributed by atoms with Crippen molar-refractivity contribution in [2.24, 2.45) is 0 Å². The molecule has 35 heavy (non-hydrogen) atoms. The van der Waals surface area contributed by atoms with E-state index in [9.17, 15) is 13.6 Å². The summed E-state index contributed by atoms with van der Waals surface area (Å²) < 4.78 is 39.2. The normalized spacial score (nSPS) is 13.6. The quantitative estimate of drug-likeness (QED) is 0.396. The zero-order valence-electron chi connectivity index (χ0n) is 18.3. The van der Waals surface area contributed by atoms with Crippen LogP contribution in [0.5, 0.6) is 11.5 Å². The highest BCUT2D eigenvalue weighted by molar-refractivity contribution is 6.30. The van der Waals surface area contributed by atoms with Gasteiger partial charge in [0.2, 0.25) is 0 Å². The third-order valence-electron chi connectivity index (χ3n) is 5.38. The Morgan fingerprint density at radius 3 is 2.63 bits per heavy atom. The van der Waals surface area contributed by atoms with E-state index in [1.807, 2.05) is 0 Å². The van der Waals surface area contributed by atoms with Crippen molar-refractivity contribution in [1.29, 1.82) is 0 Å². The zero-order valence-corrected chi connectivity index (χ0v) is 19.1. The van der Waals surface area contributed by atoms with Gasteiger partial charge in [-0.05, 0) is 36.4 Å². The van der Waals surface area contributed by atoms with E-state index in [4.69, 9.17) is 21.1 Å². The predicted molar refractivity (Wildman–Crippen MR) is 128 cm³/mol. The fourth-order valence-electron chi connectivity index (χ4n) is 3.66. The number of nitrogens with zero attached hydrogens (tertiary/aromatic N) is 3. The highest BCUT2D eigenvalue weighted by atomic mass is 35.5. The summed E-state index contributed by atoms with van der Waals surface area (Å²) in [6.45, 7) is 2.73. The molecule has 0 bridgehead atoms. The first-order valence-corrected chi connectivity index (χ1v) is 11.2. The molecule has 1 aliphatic heterocycles. The Morgan fingerprint density at radius 1 is 1.00 bits per heavy atom. The Balaban J connectivity index is 1.36. The Labute approximate surface area is 204 Å². The number of carbonyl (C=O) groups is 1. The Bertz CT molecular complexity index is 1410. The lowest BCUT2D eigenvalue weighted by Crippen LogP contribution is -2.36. The van der Waals surface area contributed by atoms with E-state index >= 15 is 0 Å². The minimum absolute atomic E-state index is 0.0443. The summed E-state index contributed by atoms with van der Waals surface area (Å²) in [7, 11) is 0. The summed E-state index contributed by atoms with van der Waals surface area (Å²) in [5.41, 5.74) is 1.51. The van der Waals surface area contributed by atoms with Crippen LogP contribution < -0.4 is 15.0 Å². The number of ether oxygens (including phenoxy) is 2. The van der Waals surface area contributed by atoms with Gasteiger partial charge >= 0.3 is 0 Å². The van der Waals surface area contributed by atoms with Gasteiger partial charge in [0.15, 0.2) is 0 Å². The lowest BCUT2D eigenvalue weighted by molar-refractivity contribution is 0.102. The predicted octanol–water partition coefficient (Wildman–Crippen LogP) is 5.44. The molecule has 1 aliphatic rings. The number of benzene rings is 3. The summed E-state index contributed by atoms with van der Waals surface area (Å²) in [5, 5.41) is 2.44. The lowest BCUT2D eigenvalue weighted by Gasteiger charge is -2.27. The number of fused-ring (bicyclic) bond motifs is 1. The molecule has 3 aromatic carbocycles. The summed E-state index contributed by atoms with van der Waals surface area (Å²) in [4.78, 5) is 23.7. The average Bonchev–Trinajstić information content (AvgIpc) is 2.85. The number of rotatable bonds is 5. The standard InChI is InChI=1S/C25H19ClF2N4O3/c26-20-3-1-15(9-21(20)28)25(33)30-17-10-16(27)11-19(12-17)35-18-2-4-22-23(13-18)31-24(14-29-22)32-5-7-34-8-6-32/h1-4,9-14H,5-8H2,(H,30,33). The van der Waals surface area contributed by atoms with E-state index in [1.165, 1.54) is 24.3 Å². The second kappa shape index (κ2) is 9.81. The molecule has 178 valence electrons. The van der Waals surface area contributed by atoms with Gasteiger partial charge in [0, 0.05) is 42.5 Å². The molecule has 2 heterocycles. The van der Waals surface area contributed by atoms with E-state index in [1.54, 1.807) is 24.4 Å². The summed E-state index contributed by atoms with van der Waals surface area (Å²) in [6.07, 6.45) is 1.72. The molecule has 4 aromatic rings. The summed E-state index contributed by atoms with van der Waals surface area (Å²) in [5.74, 6) is -0.622. The maximum atomic E-state index is 14.3. The van der Waals surface area contributed by atoms with Crippen molar-refractivity contribution >= 4 is 40.0 Å². The zero-order chi connectivity index (χ0) is 24.4. The van der Waals surface area contributed by atoms with Crippen LogP contribution in [-0.2, 0) is 4.74 Å². The first kappa shape index (κ1) is 22.9. The van der Waals surface area contributed by atoms with Crippen LogP contribution in [0.1, 0.15) is 10.4 Å². The van der Waals surface area contributed by atoms with E-state index in [0.29, 0.717) is 30.0 Å². The molecule has 0 atom stereocenters. The molecule has 1 amide bonds. The molecular formula is C25H19ClF2N4O3. The van der Waals surface area contributed by atoms with Crippen molar-refractivity contribution in [2.75, 3.05) is 36.5 Å². The van der Waals surface area contributed by atoms with Crippen molar-refractivity contribution in [3.63, 3.8) is 0 Å². The highest BCUT2D eigenvalue weighted by Gasteiger charge is 2.14. The lowest BCUT2D eigenvalue weighted by atomic mass is 10.2. The molecule has 7 nitrogen and oxygen atoms in total. The van der Waals surface area contributed by atoms with Gasteiger partial charge < -0.3 is 19.7 Å². The molecule has 0 radical (unpaired) electrons. The number of hydrogen-bond acceptors (Lipinski definition) is 6. The molecule has 0 unspecified atom stereocenters. The topological polar surface area (TPSA) is 76.6 Å². The largest absolute Gasteiger partial charge is 0.457 e. The van der Waals surface area contributed by atoms with Crippen LogP contribution in [-0.4, -0.2) is 42.2 Å². The number of nitrogens with one attached hydrogen (secondary N) is 1. The third kappa shape index (κ3) is 5.31. The highest BCUT2D eigenvalue weighted by Crippen LogP contribution is 2.29. The van der Waals surface area contributed by atoms with Gasteiger partial charge in [-0.25, -0.2) is 13.8 Å². The number of hydrogen-bond donors (Lipinski definition) is 1. The molecule has 1 aromatic heterocycles. The van der Waals surface area contributed by atoms with Crippen molar-refractivity contribution in [3.8, 4) is 11.5 Å². The van der Waals surface area contributed by atoms with E-state index in [0.717, 1.165) is 31.0 Å². The maximum absolute atomic E-state index is 14.3. The molecule has 1 N–H and O–H groups in total. The molecule has 5 rings (SSSR count). The SMILES string of the molecule is O=C(Nc1cc(F)cc(Oc2ccc3ncc(N4CCOCC4)nc3c2)c1)c1ccc(Cl)c(F)c1. The summed E-state index contributed by atoms with van der Waals surface area (Å²) >= 11 is 5.66. The Hall–Kier alpha value is -3.82. The number of morpholine rings is 1. The van der Waals surface area contributed by atoms with Gasteiger partial charge in [0.25, 0.3) is 5.91 Å². The van der Waals surface area contributed by atoms with Gasteiger partial charge in [-0.2, -0.15) is 0 Å². The van der Waals surface area contributed by atoms with Gasteiger partial charge in [-0.1, -0.05) is 11.6 Å². The number of anilines is 2. The van der Waals surface area contributed by atoms with Crippen molar-refractivity contribution in [3.05, 3.63) is 83.0 Å². The van der Waals surface area contributed by atoms with Gasteiger partial charge in [-0.15, -0.1) is 0 Å². The molecule has 10 heteroatoms. The fraction of sp³-hybridized carbons (Fsp3) is 0.160.